The first-order chi connectivity index (χ1) is 9.92. The minimum atomic E-state index is -0.0281. The van der Waals surface area contributed by atoms with Crippen molar-refractivity contribution in [2.75, 3.05) is 5.32 Å². The maximum atomic E-state index is 11.8. The van der Waals surface area contributed by atoms with Crippen LogP contribution in [0.1, 0.15) is 32.8 Å². The second kappa shape index (κ2) is 7.04. The Kier molecular flexibility index (Phi) is 5.36. The molecule has 6 heteroatoms. The second-order valence-corrected chi connectivity index (χ2v) is 8.13. The third kappa shape index (κ3) is 5.85. The van der Waals surface area contributed by atoms with Crippen molar-refractivity contribution in [1.82, 2.24) is 10.2 Å². The minimum absolute atomic E-state index is 0.0155. The van der Waals surface area contributed by atoms with E-state index in [1.54, 1.807) is 11.8 Å². The Bertz CT molecular complexity index is 590. The fraction of sp³-hybridized carbons (Fsp3) is 0.400. The first-order valence-electron chi connectivity index (χ1n) is 6.72. The number of benzene rings is 1. The van der Waals surface area contributed by atoms with Gasteiger partial charge in [-0.3, -0.25) is 4.79 Å². The van der Waals surface area contributed by atoms with E-state index in [2.05, 4.69) is 27.6 Å². The molecule has 1 aromatic carbocycles. The smallest absolute Gasteiger partial charge is 0.226 e. The maximum Gasteiger partial charge on any atom is 0.226 e. The van der Waals surface area contributed by atoms with Crippen LogP contribution in [-0.4, -0.2) is 16.1 Å². The fourth-order valence-electron chi connectivity index (χ4n) is 1.68. The first-order valence-corrected chi connectivity index (χ1v) is 8.53. The number of hydrogen-bond donors (Lipinski definition) is 1. The molecule has 0 aliphatic heterocycles. The normalized spacial score (nSPS) is 11.4. The molecular formula is C15H19N3OS2. The van der Waals surface area contributed by atoms with Gasteiger partial charge in [0.1, 0.15) is 0 Å². The molecule has 21 heavy (non-hydrogen) atoms. The zero-order chi connectivity index (χ0) is 15.3. The highest BCUT2D eigenvalue weighted by atomic mass is 32.2. The summed E-state index contributed by atoms with van der Waals surface area (Å²) in [5, 5.41) is 11.5. The summed E-state index contributed by atoms with van der Waals surface area (Å²) in [6.07, 6.45) is 0.471. The van der Waals surface area contributed by atoms with Crippen LogP contribution in [0.5, 0.6) is 0 Å². The summed E-state index contributed by atoms with van der Waals surface area (Å²) in [7, 11) is 0. The number of hydrogen-bond acceptors (Lipinski definition) is 5. The lowest BCUT2D eigenvalue weighted by molar-refractivity contribution is -0.117. The molecule has 0 saturated carbocycles. The van der Waals surface area contributed by atoms with Crippen molar-refractivity contribution in [3.05, 3.63) is 35.9 Å². The molecule has 0 fully saturated rings. The zero-order valence-electron chi connectivity index (χ0n) is 12.4. The van der Waals surface area contributed by atoms with Crippen LogP contribution in [0.3, 0.4) is 0 Å². The Labute approximate surface area is 133 Å². The van der Waals surface area contributed by atoms with Gasteiger partial charge >= 0.3 is 0 Å². The maximum absolute atomic E-state index is 11.8. The lowest BCUT2D eigenvalue weighted by atomic mass is 9.92. The fourth-order valence-corrected chi connectivity index (χ4v) is 3.41. The van der Waals surface area contributed by atoms with Gasteiger partial charge in [0.15, 0.2) is 4.34 Å². The number of rotatable bonds is 5. The van der Waals surface area contributed by atoms with E-state index >= 15 is 0 Å². The summed E-state index contributed by atoms with van der Waals surface area (Å²) < 4.78 is 0.866. The van der Waals surface area contributed by atoms with E-state index in [0.717, 1.165) is 10.1 Å². The molecular weight excluding hydrogens is 302 g/mol. The highest BCUT2D eigenvalue weighted by molar-refractivity contribution is 8.00. The average molecular weight is 321 g/mol. The van der Waals surface area contributed by atoms with Crippen LogP contribution in [-0.2, 0) is 10.5 Å². The van der Waals surface area contributed by atoms with Gasteiger partial charge in [-0.15, -0.1) is 10.2 Å². The Hall–Kier alpha value is -1.40. The van der Waals surface area contributed by atoms with Gasteiger partial charge in [0.25, 0.3) is 0 Å². The molecule has 0 bridgehead atoms. The molecule has 1 heterocycles. The number of nitrogens with one attached hydrogen (secondary N) is 1. The predicted octanol–water partition coefficient (Wildman–Crippen LogP) is 4.21. The van der Waals surface area contributed by atoms with Gasteiger partial charge in [-0.25, -0.2) is 0 Å². The number of aromatic nitrogens is 2. The molecule has 4 nitrogen and oxygen atoms in total. The lowest BCUT2D eigenvalue weighted by Gasteiger charge is -2.16. The molecule has 2 rings (SSSR count). The number of carbonyl (C=O) groups is 1. The molecule has 0 spiro atoms. The highest BCUT2D eigenvalue weighted by Crippen LogP contribution is 2.28. The van der Waals surface area contributed by atoms with Crippen LogP contribution in [0.2, 0.25) is 0 Å². The number of amides is 1. The lowest BCUT2D eigenvalue weighted by Crippen LogP contribution is -2.19. The number of thioether (sulfide) groups is 1. The van der Waals surface area contributed by atoms with E-state index in [9.17, 15) is 4.79 Å². The summed E-state index contributed by atoms with van der Waals surface area (Å²) in [6, 6.07) is 10.2. The van der Waals surface area contributed by atoms with Crippen LogP contribution < -0.4 is 5.32 Å². The third-order valence-electron chi connectivity index (χ3n) is 2.55. The highest BCUT2D eigenvalue weighted by Gasteiger charge is 2.17. The molecule has 0 atom stereocenters. The minimum Gasteiger partial charge on any atom is -0.300 e. The molecule has 112 valence electrons. The van der Waals surface area contributed by atoms with Gasteiger partial charge in [-0.1, -0.05) is 74.2 Å². The van der Waals surface area contributed by atoms with E-state index in [-0.39, 0.29) is 11.3 Å². The van der Waals surface area contributed by atoms with E-state index in [0.29, 0.717) is 11.6 Å². The van der Waals surface area contributed by atoms with Crippen molar-refractivity contribution in [3.8, 4) is 0 Å². The van der Waals surface area contributed by atoms with E-state index in [4.69, 9.17) is 0 Å². The van der Waals surface area contributed by atoms with Crippen molar-refractivity contribution in [2.45, 2.75) is 37.3 Å². The number of anilines is 1. The van der Waals surface area contributed by atoms with Crippen molar-refractivity contribution in [2.24, 2.45) is 5.41 Å². The van der Waals surface area contributed by atoms with Crippen LogP contribution >= 0.6 is 23.1 Å². The molecule has 0 radical (unpaired) electrons. The van der Waals surface area contributed by atoms with Gasteiger partial charge in [0, 0.05) is 12.2 Å². The van der Waals surface area contributed by atoms with Gasteiger partial charge < -0.3 is 5.32 Å². The summed E-state index contributed by atoms with van der Waals surface area (Å²) in [5.74, 6) is 0.837. The SMILES string of the molecule is CC(C)(C)CC(=O)Nc1nnc(SCc2ccccc2)s1. The molecule has 0 saturated heterocycles. The monoisotopic (exact) mass is 321 g/mol. The van der Waals surface area contributed by atoms with Crippen LogP contribution in [0.25, 0.3) is 0 Å². The average Bonchev–Trinajstić information content (AvgIpc) is 2.83. The Morgan fingerprint density at radius 1 is 1.24 bits per heavy atom. The summed E-state index contributed by atoms with van der Waals surface area (Å²) in [5.41, 5.74) is 1.22. The molecule has 0 aliphatic carbocycles. The predicted molar refractivity (Wildman–Crippen MR) is 88.6 cm³/mol. The first kappa shape index (κ1) is 16.0. The van der Waals surface area contributed by atoms with Gasteiger partial charge in [0.2, 0.25) is 11.0 Å². The summed E-state index contributed by atoms with van der Waals surface area (Å²) in [6.45, 7) is 6.11. The Morgan fingerprint density at radius 2 is 1.95 bits per heavy atom. The number of carbonyl (C=O) groups excluding carboxylic acids is 1. The Balaban J connectivity index is 1.85. The number of nitrogens with zero attached hydrogens (tertiary/aromatic N) is 2. The van der Waals surface area contributed by atoms with Crippen molar-refractivity contribution in [1.29, 1.82) is 0 Å². The van der Waals surface area contributed by atoms with Crippen LogP contribution in [0.4, 0.5) is 5.13 Å². The Morgan fingerprint density at radius 3 is 2.62 bits per heavy atom. The van der Waals surface area contributed by atoms with Crippen molar-refractivity contribution in [3.63, 3.8) is 0 Å². The second-order valence-electron chi connectivity index (χ2n) is 5.93. The molecule has 1 aromatic heterocycles. The zero-order valence-corrected chi connectivity index (χ0v) is 14.1. The van der Waals surface area contributed by atoms with Crippen molar-refractivity contribution < 1.29 is 4.79 Å². The van der Waals surface area contributed by atoms with Crippen LogP contribution in [0.15, 0.2) is 34.7 Å². The van der Waals surface area contributed by atoms with Crippen molar-refractivity contribution >= 4 is 34.1 Å². The molecule has 0 aliphatic rings. The summed E-state index contributed by atoms with van der Waals surface area (Å²) in [4.78, 5) is 11.8. The standard InChI is InChI=1S/C15H19N3OS2/c1-15(2,3)9-12(19)16-13-17-18-14(21-13)20-10-11-7-5-4-6-8-11/h4-8H,9-10H2,1-3H3,(H,16,17,19). The van der Waals surface area contributed by atoms with E-state index in [1.807, 2.05) is 39.0 Å². The third-order valence-corrected chi connectivity index (χ3v) is 4.59. The molecule has 0 unspecified atom stereocenters. The molecule has 1 amide bonds. The summed E-state index contributed by atoms with van der Waals surface area (Å²) >= 11 is 3.04. The van der Waals surface area contributed by atoms with Gasteiger partial charge in [0.05, 0.1) is 0 Å². The van der Waals surface area contributed by atoms with E-state index in [1.165, 1.54) is 16.9 Å². The van der Waals surface area contributed by atoms with Crippen LogP contribution in [0, 0.1) is 5.41 Å². The van der Waals surface area contributed by atoms with Gasteiger partial charge in [-0.05, 0) is 11.0 Å². The largest absolute Gasteiger partial charge is 0.300 e. The van der Waals surface area contributed by atoms with Gasteiger partial charge in [-0.2, -0.15) is 0 Å². The molecule has 2 aromatic rings. The topological polar surface area (TPSA) is 54.9 Å². The van der Waals surface area contributed by atoms with E-state index < -0.39 is 0 Å². The quantitative estimate of drug-likeness (QED) is 0.662. The molecule has 1 N–H and O–H groups in total.